The normalized spacial score (nSPS) is 11.7. The van der Waals surface area contributed by atoms with Gasteiger partial charge in [-0.15, -0.1) is 0 Å². The molecule has 102 valence electrons. The van der Waals surface area contributed by atoms with Crippen LogP contribution in [-0.2, 0) is 4.79 Å². The summed E-state index contributed by atoms with van der Waals surface area (Å²) in [6.07, 6.45) is 0. The minimum Gasteiger partial charge on any atom is -0.326 e. The average molecular weight is 267 g/mol. The smallest absolute Gasteiger partial charge is 0.231 e. The van der Waals surface area contributed by atoms with Crippen molar-refractivity contribution in [1.29, 1.82) is 0 Å². The Labute approximate surface area is 118 Å². The molecule has 0 saturated carbocycles. The zero-order valence-corrected chi connectivity index (χ0v) is 11.6. The molecule has 2 aromatic rings. The molecule has 2 aromatic carbocycles. The molecule has 0 radical (unpaired) electrons. The highest BCUT2D eigenvalue weighted by atomic mass is 16.2. The van der Waals surface area contributed by atoms with Crippen LogP contribution in [0, 0.1) is 0 Å². The zero-order chi connectivity index (χ0) is 14.5. The van der Waals surface area contributed by atoms with Crippen LogP contribution in [0.3, 0.4) is 0 Å². The lowest BCUT2D eigenvalue weighted by Crippen LogP contribution is -2.18. The van der Waals surface area contributed by atoms with Crippen LogP contribution in [0.15, 0.2) is 54.6 Å². The molecule has 0 aliphatic carbocycles. The highest BCUT2D eigenvalue weighted by molar-refractivity contribution is 5.98. The number of hydrogen-bond acceptors (Lipinski definition) is 2. The summed E-state index contributed by atoms with van der Waals surface area (Å²) in [7, 11) is 0. The Morgan fingerprint density at radius 3 is 2.35 bits per heavy atom. The number of ketones is 1. The first-order valence-electron chi connectivity index (χ1n) is 6.54. The van der Waals surface area contributed by atoms with Gasteiger partial charge < -0.3 is 5.32 Å². The number of hydrogen-bond donors (Lipinski definition) is 1. The van der Waals surface area contributed by atoms with E-state index in [1.807, 2.05) is 37.3 Å². The second kappa shape index (κ2) is 6.15. The van der Waals surface area contributed by atoms with Gasteiger partial charge in [0, 0.05) is 11.3 Å². The van der Waals surface area contributed by atoms with E-state index >= 15 is 0 Å². The van der Waals surface area contributed by atoms with E-state index in [1.165, 1.54) is 6.92 Å². The summed E-state index contributed by atoms with van der Waals surface area (Å²) in [5.41, 5.74) is 2.20. The summed E-state index contributed by atoms with van der Waals surface area (Å²) < 4.78 is 0. The van der Waals surface area contributed by atoms with E-state index in [0.29, 0.717) is 11.3 Å². The molecule has 0 unspecified atom stereocenters. The molecule has 0 spiro atoms. The van der Waals surface area contributed by atoms with Crippen molar-refractivity contribution in [2.45, 2.75) is 19.8 Å². The molecule has 0 bridgehead atoms. The number of benzene rings is 2. The number of carbonyl (C=O) groups excluding carboxylic acids is 2. The third kappa shape index (κ3) is 3.32. The summed E-state index contributed by atoms with van der Waals surface area (Å²) >= 11 is 0. The van der Waals surface area contributed by atoms with Crippen LogP contribution in [0.2, 0.25) is 0 Å². The average Bonchev–Trinajstić information content (AvgIpc) is 2.47. The van der Waals surface area contributed by atoms with E-state index in [0.717, 1.165) is 5.56 Å². The molecule has 3 heteroatoms. The molecule has 1 amide bonds. The van der Waals surface area contributed by atoms with Crippen LogP contribution in [0.1, 0.15) is 35.7 Å². The van der Waals surface area contributed by atoms with Crippen LogP contribution in [0.4, 0.5) is 5.69 Å². The lowest BCUT2D eigenvalue weighted by Gasteiger charge is -2.13. The Kier molecular flexibility index (Phi) is 4.31. The molecular formula is C17H17NO2. The summed E-state index contributed by atoms with van der Waals surface area (Å²) in [6.45, 7) is 3.37. The Balaban J connectivity index is 2.12. The van der Waals surface area contributed by atoms with Gasteiger partial charge in [-0.05, 0) is 31.5 Å². The Bertz CT molecular complexity index is 620. The van der Waals surface area contributed by atoms with Crippen LogP contribution >= 0.6 is 0 Å². The maximum atomic E-state index is 12.2. The SMILES string of the molecule is CC(=O)c1cccc(NC(=O)[C@H](C)c2ccccc2)c1. The van der Waals surface area contributed by atoms with Crippen molar-refractivity contribution in [2.75, 3.05) is 5.32 Å². The fraction of sp³-hybridized carbons (Fsp3) is 0.176. The lowest BCUT2D eigenvalue weighted by atomic mass is 10.0. The largest absolute Gasteiger partial charge is 0.326 e. The van der Waals surface area contributed by atoms with Crippen LogP contribution in [0.25, 0.3) is 0 Å². The minimum absolute atomic E-state index is 0.0165. The number of Topliss-reactive ketones (excluding diaryl/α,β-unsaturated/α-hetero) is 1. The first kappa shape index (κ1) is 14.0. The fourth-order valence-electron chi connectivity index (χ4n) is 1.96. The Morgan fingerprint density at radius 2 is 1.70 bits per heavy atom. The van der Waals surface area contributed by atoms with Crippen molar-refractivity contribution in [1.82, 2.24) is 0 Å². The van der Waals surface area contributed by atoms with Gasteiger partial charge in [-0.1, -0.05) is 42.5 Å². The van der Waals surface area contributed by atoms with Gasteiger partial charge in [0.25, 0.3) is 0 Å². The maximum absolute atomic E-state index is 12.2. The van der Waals surface area contributed by atoms with Crippen molar-refractivity contribution < 1.29 is 9.59 Å². The highest BCUT2D eigenvalue weighted by Crippen LogP contribution is 2.18. The molecule has 2 rings (SSSR count). The van der Waals surface area contributed by atoms with Crippen molar-refractivity contribution in [2.24, 2.45) is 0 Å². The highest BCUT2D eigenvalue weighted by Gasteiger charge is 2.15. The lowest BCUT2D eigenvalue weighted by molar-refractivity contribution is -0.117. The van der Waals surface area contributed by atoms with Gasteiger partial charge in [0.2, 0.25) is 5.91 Å². The Hall–Kier alpha value is -2.42. The summed E-state index contributed by atoms with van der Waals surface area (Å²) in [4.78, 5) is 23.5. The third-order valence-corrected chi connectivity index (χ3v) is 3.23. The van der Waals surface area contributed by atoms with E-state index in [2.05, 4.69) is 5.32 Å². The number of carbonyl (C=O) groups is 2. The van der Waals surface area contributed by atoms with Gasteiger partial charge in [-0.2, -0.15) is 0 Å². The molecule has 0 aromatic heterocycles. The second-order valence-electron chi connectivity index (χ2n) is 4.76. The van der Waals surface area contributed by atoms with E-state index < -0.39 is 0 Å². The molecule has 3 nitrogen and oxygen atoms in total. The van der Waals surface area contributed by atoms with Gasteiger partial charge in [0.1, 0.15) is 0 Å². The summed E-state index contributed by atoms with van der Waals surface area (Å²) in [5, 5.41) is 2.84. The van der Waals surface area contributed by atoms with Crippen molar-refractivity contribution >= 4 is 17.4 Å². The van der Waals surface area contributed by atoms with Gasteiger partial charge in [0.05, 0.1) is 5.92 Å². The molecule has 0 aliphatic heterocycles. The fourth-order valence-corrected chi connectivity index (χ4v) is 1.96. The molecule has 0 aliphatic rings. The standard InChI is InChI=1S/C17H17NO2/c1-12(14-7-4-3-5-8-14)17(20)18-16-10-6-9-15(11-16)13(2)19/h3-12H,1-2H3,(H,18,20)/t12-/m1/s1. The Morgan fingerprint density at radius 1 is 1.00 bits per heavy atom. The monoisotopic (exact) mass is 267 g/mol. The molecular weight excluding hydrogens is 250 g/mol. The number of rotatable bonds is 4. The first-order valence-corrected chi connectivity index (χ1v) is 6.54. The predicted molar refractivity (Wildman–Crippen MR) is 79.9 cm³/mol. The van der Waals surface area contributed by atoms with Crippen LogP contribution in [-0.4, -0.2) is 11.7 Å². The summed E-state index contributed by atoms with van der Waals surface area (Å²) in [5.74, 6) is -0.341. The van der Waals surface area contributed by atoms with Crippen molar-refractivity contribution in [3.8, 4) is 0 Å². The topological polar surface area (TPSA) is 46.2 Å². The molecule has 1 N–H and O–H groups in total. The number of anilines is 1. The zero-order valence-electron chi connectivity index (χ0n) is 11.6. The van der Waals surface area contributed by atoms with Crippen molar-refractivity contribution in [3.63, 3.8) is 0 Å². The second-order valence-corrected chi connectivity index (χ2v) is 4.76. The van der Waals surface area contributed by atoms with Gasteiger partial charge in [0.15, 0.2) is 5.78 Å². The first-order chi connectivity index (χ1) is 9.58. The van der Waals surface area contributed by atoms with Gasteiger partial charge in [-0.3, -0.25) is 9.59 Å². The predicted octanol–water partition coefficient (Wildman–Crippen LogP) is 3.63. The van der Waals surface area contributed by atoms with Crippen LogP contribution in [0.5, 0.6) is 0 Å². The van der Waals surface area contributed by atoms with E-state index in [4.69, 9.17) is 0 Å². The minimum atomic E-state index is -0.239. The van der Waals surface area contributed by atoms with Gasteiger partial charge >= 0.3 is 0 Å². The van der Waals surface area contributed by atoms with Crippen LogP contribution < -0.4 is 5.32 Å². The molecule has 1 atom stereocenters. The maximum Gasteiger partial charge on any atom is 0.231 e. The molecule has 0 saturated heterocycles. The van der Waals surface area contributed by atoms with E-state index in [1.54, 1.807) is 24.3 Å². The quantitative estimate of drug-likeness (QED) is 0.860. The van der Waals surface area contributed by atoms with E-state index in [9.17, 15) is 9.59 Å². The third-order valence-electron chi connectivity index (χ3n) is 3.23. The number of amides is 1. The molecule has 0 fully saturated rings. The molecule has 0 heterocycles. The van der Waals surface area contributed by atoms with Gasteiger partial charge in [-0.25, -0.2) is 0 Å². The number of nitrogens with one attached hydrogen (secondary N) is 1. The van der Waals surface area contributed by atoms with E-state index in [-0.39, 0.29) is 17.6 Å². The van der Waals surface area contributed by atoms with Crippen molar-refractivity contribution in [3.05, 3.63) is 65.7 Å². The molecule has 20 heavy (non-hydrogen) atoms. The summed E-state index contributed by atoms with van der Waals surface area (Å²) in [6, 6.07) is 16.6.